The van der Waals surface area contributed by atoms with E-state index in [1.165, 1.54) is 11.3 Å². The maximum atomic E-state index is 14.4. The minimum absolute atomic E-state index is 0. The summed E-state index contributed by atoms with van der Waals surface area (Å²) in [6, 6.07) is 25.9. The van der Waals surface area contributed by atoms with E-state index < -0.39 is 5.92 Å². The molecule has 3 aromatic carbocycles. The Morgan fingerprint density at radius 2 is 1.68 bits per heavy atom. The Morgan fingerprint density at radius 3 is 2.30 bits per heavy atom. The summed E-state index contributed by atoms with van der Waals surface area (Å²) in [5, 5.41) is 0.724. The molecular formula is C29H32ClN3O3S. The van der Waals surface area contributed by atoms with Crippen molar-refractivity contribution in [3.63, 3.8) is 0 Å². The monoisotopic (exact) mass is 537 g/mol. The number of halogens is 1. The highest BCUT2D eigenvalue weighted by Gasteiger charge is 2.30. The van der Waals surface area contributed by atoms with Crippen LogP contribution in [0.3, 0.4) is 0 Å². The average Bonchev–Trinajstić information content (AvgIpc) is 3.36. The number of fused-ring (bicyclic) bond motifs is 1. The highest BCUT2D eigenvalue weighted by Crippen LogP contribution is 2.35. The van der Waals surface area contributed by atoms with Gasteiger partial charge in [0.25, 0.3) is 0 Å². The van der Waals surface area contributed by atoms with Crippen LogP contribution < -0.4 is 9.64 Å². The lowest BCUT2D eigenvalue weighted by Crippen LogP contribution is -2.40. The van der Waals surface area contributed by atoms with Gasteiger partial charge in [-0.25, -0.2) is 4.98 Å². The summed E-state index contributed by atoms with van der Waals surface area (Å²) in [6.45, 7) is 4.94. The van der Waals surface area contributed by atoms with E-state index in [2.05, 4.69) is 4.90 Å². The standard InChI is InChI=1S/C29H31N3O3S.ClH/c1-34-24-13-14-25-26(21-24)36-29(30-25)32(16-8-15-31-17-19-35-20-18-31)28(33)27(22-9-4-2-5-10-22)23-11-6-3-7-12-23;/h2-7,9-14,21,27H,8,15-20H2,1H3;1H. The fraction of sp³-hybridized carbons (Fsp3) is 0.310. The van der Waals surface area contributed by atoms with Crippen molar-refractivity contribution in [1.82, 2.24) is 9.88 Å². The molecule has 0 spiro atoms. The largest absolute Gasteiger partial charge is 0.497 e. The number of carbonyl (C=O) groups excluding carboxylic acids is 1. The van der Waals surface area contributed by atoms with Gasteiger partial charge in [0.05, 0.1) is 36.5 Å². The second-order valence-corrected chi connectivity index (χ2v) is 9.89. The Labute approximate surface area is 228 Å². The molecule has 0 unspecified atom stereocenters. The van der Waals surface area contributed by atoms with E-state index in [4.69, 9.17) is 14.5 Å². The first-order chi connectivity index (χ1) is 17.7. The SMILES string of the molecule is COc1ccc2nc(N(CCCN3CCOCC3)C(=O)C(c3ccccc3)c3ccccc3)sc2c1.Cl. The first kappa shape index (κ1) is 27.1. The van der Waals surface area contributed by atoms with Crippen molar-refractivity contribution in [2.45, 2.75) is 12.3 Å². The Kier molecular flexibility index (Phi) is 9.52. The van der Waals surface area contributed by atoms with Crippen LogP contribution in [0.4, 0.5) is 5.13 Å². The molecule has 37 heavy (non-hydrogen) atoms. The van der Waals surface area contributed by atoms with E-state index in [9.17, 15) is 4.79 Å². The van der Waals surface area contributed by atoms with Crippen LogP contribution in [0.15, 0.2) is 78.9 Å². The molecule has 2 heterocycles. The lowest BCUT2D eigenvalue weighted by Gasteiger charge is -2.29. The third-order valence-corrected chi connectivity index (χ3v) is 7.59. The molecule has 1 aliphatic rings. The van der Waals surface area contributed by atoms with Gasteiger partial charge >= 0.3 is 0 Å². The molecule has 1 aromatic heterocycles. The minimum Gasteiger partial charge on any atom is -0.497 e. The number of thiazole rings is 1. The van der Waals surface area contributed by atoms with Crippen molar-refractivity contribution in [3.05, 3.63) is 90.0 Å². The fourth-order valence-electron chi connectivity index (χ4n) is 4.64. The number of anilines is 1. The smallest absolute Gasteiger partial charge is 0.240 e. The van der Waals surface area contributed by atoms with Crippen molar-refractivity contribution < 1.29 is 14.3 Å². The Balaban J connectivity index is 0.00000320. The zero-order valence-electron chi connectivity index (χ0n) is 20.9. The van der Waals surface area contributed by atoms with E-state index in [-0.39, 0.29) is 18.3 Å². The summed E-state index contributed by atoms with van der Waals surface area (Å²) in [6.07, 6.45) is 0.862. The van der Waals surface area contributed by atoms with Crippen LogP contribution in [-0.2, 0) is 9.53 Å². The highest BCUT2D eigenvalue weighted by atomic mass is 35.5. The van der Waals surface area contributed by atoms with Gasteiger partial charge in [-0.2, -0.15) is 0 Å². The lowest BCUT2D eigenvalue weighted by molar-refractivity contribution is -0.119. The summed E-state index contributed by atoms with van der Waals surface area (Å²) >= 11 is 1.54. The molecule has 0 aliphatic carbocycles. The number of hydrogen-bond acceptors (Lipinski definition) is 6. The number of methoxy groups -OCH3 is 1. The van der Waals surface area contributed by atoms with E-state index in [1.54, 1.807) is 7.11 Å². The second kappa shape index (κ2) is 13.0. The van der Waals surface area contributed by atoms with E-state index in [0.717, 1.165) is 71.5 Å². The second-order valence-electron chi connectivity index (χ2n) is 8.88. The van der Waals surface area contributed by atoms with Gasteiger partial charge in [-0.1, -0.05) is 72.0 Å². The number of ether oxygens (including phenoxy) is 2. The molecule has 194 valence electrons. The molecule has 1 amide bonds. The summed E-state index contributed by atoms with van der Waals surface area (Å²) in [5.74, 6) is 0.423. The molecular weight excluding hydrogens is 506 g/mol. The van der Waals surface area contributed by atoms with Gasteiger partial charge < -0.3 is 9.47 Å². The van der Waals surface area contributed by atoms with Gasteiger partial charge in [-0.3, -0.25) is 14.6 Å². The molecule has 0 atom stereocenters. The first-order valence-electron chi connectivity index (χ1n) is 12.4. The maximum Gasteiger partial charge on any atom is 0.240 e. The molecule has 0 N–H and O–H groups in total. The van der Waals surface area contributed by atoms with E-state index in [1.807, 2.05) is 83.8 Å². The molecule has 4 aromatic rings. The number of carbonyl (C=O) groups is 1. The van der Waals surface area contributed by atoms with Crippen LogP contribution in [-0.4, -0.2) is 62.3 Å². The first-order valence-corrected chi connectivity index (χ1v) is 13.2. The number of morpholine rings is 1. The van der Waals surface area contributed by atoms with Crippen LogP contribution in [0.2, 0.25) is 0 Å². The van der Waals surface area contributed by atoms with Gasteiger partial charge in [0.15, 0.2) is 5.13 Å². The summed E-state index contributed by atoms with van der Waals surface area (Å²) < 4.78 is 11.9. The fourth-order valence-corrected chi connectivity index (χ4v) is 5.66. The van der Waals surface area contributed by atoms with Crippen LogP contribution in [0.25, 0.3) is 10.2 Å². The summed E-state index contributed by atoms with van der Waals surface area (Å²) in [5.41, 5.74) is 2.84. The zero-order valence-corrected chi connectivity index (χ0v) is 22.5. The number of amides is 1. The van der Waals surface area contributed by atoms with E-state index in [0.29, 0.717) is 6.54 Å². The van der Waals surface area contributed by atoms with Gasteiger partial charge in [0, 0.05) is 26.2 Å². The number of benzene rings is 3. The minimum atomic E-state index is -0.405. The van der Waals surface area contributed by atoms with Crippen LogP contribution in [0.1, 0.15) is 23.5 Å². The summed E-state index contributed by atoms with van der Waals surface area (Å²) in [7, 11) is 1.66. The molecule has 0 radical (unpaired) electrons. The third kappa shape index (κ3) is 6.48. The Morgan fingerprint density at radius 1 is 1.03 bits per heavy atom. The molecule has 1 fully saturated rings. The van der Waals surface area contributed by atoms with Gasteiger partial charge in [0.2, 0.25) is 5.91 Å². The van der Waals surface area contributed by atoms with Crippen LogP contribution in [0, 0.1) is 0 Å². The number of nitrogens with zero attached hydrogens (tertiary/aromatic N) is 3. The average molecular weight is 538 g/mol. The molecule has 0 saturated carbocycles. The number of hydrogen-bond donors (Lipinski definition) is 0. The van der Waals surface area contributed by atoms with Crippen molar-refractivity contribution in [3.8, 4) is 5.75 Å². The quantitative estimate of drug-likeness (QED) is 0.277. The Bertz CT molecular complexity index is 1240. The predicted molar refractivity (Wildman–Crippen MR) is 152 cm³/mol. The van der Waals surface area contributed by atoms with Crippen molar-refractivity contribution >= 4 is 45.0 Å². The van der Waals surface area contributed by atoms with E-state index >= 15 is 0 Å². The topological polar surface area (TPSA) is 54.9 Å². The highest BCUT2D eigenvalue weighted by molar-refractivity contribution is 7.22. The zero-order chi connectivity index (χ0) is 24.7. The summed E-state index contributed by atoms with van der Waals surface area (Å²) in [4.78, 5) is 23.5. The van der Waals surface area contributed by atoms with Crippen molar-refractivity contribution in [2.75, 3.05) is 51.4 Å². The van der Waals surface area contributed by atoms with Gasteiger partial charge in [-0.15, -0.1) is 12.4 Å². The van der Waals surface area contributed by atoms with Crippen molar-refractivity contribution in [2.24, 2.45) is 0 Å². The normalized spacial score (nSPS) is 13.9. The molecule has 6 nitrogen and oxygen atoms in total. The molecule has 1 aliphatic heterocycles. The Hall–Kier alpha value is -2.97. The molecule has 8 heteroatoms. The lowest BCUT2D eigenvalue weighted by atomic mass is 9.90. The van der Waals surface area contributed by atoms with Crippen LogP contribution >= 0.6 is 23.7 Å². The van der Waals surface area contributed by atoms with Crippen molar-refractivity contribution in [1.29, 1.82) is 0 Å². The van der Waals surface area contributed by atoms with Gasteiger partial charge in [-0.05, 0) is 35.7 Å². The molecule has 5 rings (SSSR count). The van der Waals surface area contributed by atoms with Crippen LogP contribution in [0.5, 0.6) is 5.75 Å². The molecule has 1 saturated heterocycles. The van der Waals surface area contributed by atoms with Gasteiger partial charge in [0.1, 0.15) is 5.75 Å². The predicted octanol–water partition coefficient (Wildman–Crippen LogP) is 5.61. The third-order valence-electron chi connectivity index (χ3n) is 6.55. The number of rotatable bonds is 9. The number of aromatic nitrogens is 1. The maximum absolute atomic E-state index is 14.4. The molecule has 0 bridgehead atoms.